The lowest BCUT2D eigenvalue weighted by atomic mass is 9.91. The minimum atomic E-state index is -0.692. The van der Waals surface area contributed by atoms with Crippen LogP contribution in [0.15, 0.2) is 48.9 Å². The van der Waals surface area contributed by atoms with Gasteiger partial charge in [0.05, 0.1) is 18.1 Å². The molecule has 3 atom stereocenters. The van der Waals surface area contributed by atoms with Crippen LogP contribution in [-0.2, 0) is 28.9 Å². The number of benzene rings is 2. The Hall–Kier alpha value is -3.56. The van der Waals surface area contributed by atoms with E-state index < -0.39 is 6.04 Å². The number of likely N-dealkylation sites (tertiary alicyclic amines) is 1. The van der Waals surface area contributed by atoms with Gasteiger partial charge in [-0.2, -0.15) is 0 Å². The van der Waals surface area contributed by atoms with Gasteiger partial charge < -0.3 is 19.3 Å². The number of hydrogen-bond donors (Lipinski definition) is 1. The van der Waals surface area contributed by atoms with Crippen LogP contribution in [0.25, 0.3) is 0 Å². The lowest BCUT2D eigenvalue weighted by Gasteiger charge is -2.46. The summed E-state index contributed by atoms with van der Waals surface area (Å²) in [6.45, 7) is 5.39. The van der Waals surface area contributed by atoms with Crippen molar-refractivity contribution in [1.29, 1.82) is 0 Å². The zero-order valence-electron chi connectivity index (χ0n) is 27.3. The Bertz CT molecular complexity index is 1600. The number of piperidine rings is 1. The van der Waals surface area contributed by atoms with E-state index in [0.29, 0.717) is 43.7 Å². The monoisotopic (exact) mass is 659 g/mol. The van der Waals surface area contributed by atoms with Crippen LogP contribution in [0.5, 0.6) is 5.75 Å². The molecule has 3 heterocycles. The molecular formula is C37H46ClN5O4. The average Bonchev–Trinajstić information content (AvgIpc) is 3.41. The summed E-state index contributed by atoms with van der Waals surface area (Å²) in [5.41, 5.74) is 5.20. The standard InChI is InChI=1S/C37H46ClN5O4/c1-25-20-40(24-39-25)21-26-7-6-16-42(22-26)36(45)32-23-41(17-18-43(32)37(46)47-30-9-3-2-4-10-30)35-31-15-14-29(38)19-28(31)13-12-27-8-5-11-33(44)34(27)35/h5,8,11,14-15,19-20,24,26,30,32,35,44H,2-4,6-7,9-10,12-13,16-18,21-23H2,1H3/t26-,32+,35-/m0/s1. The molecule has 47 heavy (non-hydrogen) atoms. The molecule has 0 bridgehead atoms. The van der Waals surface area contributed by atoms with Crippen LogP contribution >= 0.6 is 11.6 Å². The van der Waals surface area contributed by atoms with E-state index in [2.05, 4.69) is 26.6 Å². The second-order valence-electron chi connectivity index (χ2n) is 13.9. The lowest BCUT2D eigenvalue weighted by molar-refractivity contribution is -0.141. The van der Waals surface area contributed by atoms with Crippen molar-refractivity contribution in [2.45, 2.75) is 89.4 Å². The van der Waals surface area contributed by atoms with Crippen LogP contribution in [-0.4, -0.2) is 86.2 Å². The summed E-state index contributed by atoms with van der Waals surface area (Å²) in [7, 11) is 0. The van der Waals surface area contributed by atoms with Crippen molar-refractivity contribution in [2.75, 3.05) is 32.7 Å². The maximum Gasteiger partial charge on any atom is 0.410 e. The molecule has 2 amide bonds. The van der Waals surface area contributed by atoms with E-state index in [1.807, 2.05) is 42.5 Å². The van der Waals surface area contributed by atoms with Gasteiger partial charge in [0, 0.05) is 56.1 Å². The predicted octanol–water partition coefficient (Wildman–Crippen LogP) is 6.13. The first kappa shape index (κ1) is 32.0. The van der Waals surface area contributed by atoms with Crippen molar-refractivity contribution in [3.63, 3.8) is 0 Å². The largest absolute Gasteiger partial charge is 0.508 e. The highest BCUT2D eigenvalue weighted by atomic mass is 35.5. The molecule has 0 unspecified atom stereocenters. The van der Waals surface area contributed by atoms with E-state index in [1.54, 1.807) is 11.0 Å². The summed E-state index contributed by atoms with van der Waals surface area (Å²) < 4.78 is 8.19. The van der Waals surface area contributed by atoms with Crippen LogP contribution < -0.4 is 0 Å². The Labute approximate surface area is 282 Å². The highest BCUT2D eigenvalue weighted by Gasteiger charge is 2.43. The number of fused-ring (bicyclic) bond motifs is 2. The number of aromatic hydroxyl groups is 1. The molecule has 1 saturated carbocycles. The van der Waals surface area contributed by atoms with Crippen molar-refractivity contribution < 1.29 is 19.4 Å². The van der Waals surface area contributed by atoms with Gasteiger partial charge in [0.2, 0.25) is 5.91 Å². The normalized spacial score (nSPS) is 23.9. The third-order valence-electron chi connectivity index (χ3n) is 10.7. The number of ether oxygens (including phenoxy) is 1. The van der Waals surface area contributed by atoms with Crippen LogP contribution in [0.1, 0.15) is 78.9 Å². The number of hydrogen-bond acceptors (Lipinski definition) is 6. The molecule has 250 valence electrons. The van der Waals surface area contributed by atoms with Crippen molar-refractivity contribution in [3.05, 3.63) is 81.9 Å². The Balaban J connectivity index is 1.19. The fourth-order valence-corrected chi connectivity index (χ4v) is 8.55. The first-order chi connectivity index (χ1) is 22.8. The number of phenols is 1. The Morgan fingerprint density at radius 3 is 2.62 bits per heavy atom. The topological polar surface area (TPSA) is 91.1 Å². The summed E-state index contributed by atoms with van der Waals surface area (Å²) in [6.07, 6.45) is 12.1. The first-order valence-electron chi connectivity index (χ1n) is 17.4. The Morgan fingerprint density at radius 1 is 0.979 bits per heavy atom. The number of phenolic OH excluding ortho intramolecular Hbond substituents is 1. The molecule has 2 aliphatic heterocycles. The number of piperazine rings is 1. The summed E-state index contributed by atoms with van der Waals surface area (Å²) in [6, 6.07) is 10.8. The number of rotatable bonds is 5. The van der Waals surface area contributed by atoms with Crippen molar-refractivity contribution in [1.82, 2.24) is 24.3 Å². The van der Waals surface area contributed by atoms with Gasteiger partial charge in [-0.05, 0) is 99.1 Å². The Kier molecular flexibility index (Phi) is 9.46. The van der Waals surface area contributed by atoms with Gasteiger partial charge in [-0.1, -0.05) is 36.2 Å². The van der Waals surface area contributed by atoms with E-state index in [1.165, 1.54) is 6.42 Å². The van der Waals surface area contributed by atoms with Gasteiger partial charge in [0.15, 0.2) is 0 Å². The molecule has 3 fully saturated rings. The van der Waals surface area contributed by atoms with Gasteiger partial charge in [-0.25, -0.2) is 9.78 Å². The maximum atomic E-state index is 14.6. The van der Waals surface area contributed by atoms with E-state index in [4.69, 9.17) is 16.3 Å². The minimum Gasteiger partial charge on any atom is -0.508 e. The van der Waals surface area contributed by atoms with Crippen LogP contribution in [0.4, 0.5) is 4.79 Å². The molecule has 1 aromatic heterocycles. The van der Waals surface area contributed by atoms with Crippen molar-refractivity contribution >= 4 is 23.6 Å². The molecule has 10 heteroatoms. The zero-order chi connectivity index (χ0) is 32.5. The molecule has 2 aliphatic carbocycles. The number of aromatic nitrogens is 2. The number of aryl methyl sites for hydroxylation is 3. The zero-order valence-corrected chi connectivity index (χ0v) is 28.1. The maximum absolute atomic E-state index is 14.6. The van der Waals surface area contributed by atoms with Gasteiger partial charge in [0.25, 0.3) is 0 Å². The number of halogens is 1. The molecule has 9 nitrogen and oxygen atoms in total. The molecule has 2 aromatic carbocycles. The van der Waals surface area contributed by atoms with Gasteiger partial charge >= 0.3 is 6.09 Å². The smallest absolute Gasteiger partial charge is 0.410 e. The first-order valence-corrected chi connectivity index (χ1v) is 17.8. The lowest BCUT2D eigenvalue weighted by Crippen LogP contribution is -2.62. The molecule has 1 N–H and O–H groups in total. The number of carbonyl (C=O) groups is 2. The van der Waals surface area contributed by atoms with E-state index in [-0.39, 0.29) is 29.9 Å². The van der Waals surface area contributed by atoms with Crippen molar-refractivity contribution in [3.8, 4) is 5.75 Å². The SMILES string of the molecule is Cc1cn(C[C@@H]2CCCN(C(=O)[C@H]3CN([C@H]4c5ccc(Cl)cc5CCc5cccc(O)c54)CCN3C(=O)OC3CCCCC3)C2)cn1. The molecule has 4 aliphatic rings. The summed E-state index contributed by atoms with van der Waals surface area (Å²) >= 11 is 6.48. The molecular weight excluding hydrogens is 614 g/mol. The minimum absolute atomic E-state index is 0.0238. The Morgan fingerprint density at radius 2 is 1.81 bits per heavy atom. The van der Waals surface area contributed by atoms with E-state index >= 15 is 0 Å². The number of carbonyl (C=O) groups excluding carboxylic acids is 2. The molecule has 3 aromatic rings. The fraction of sp³-hybridized carbons (Fsp3) is 0.541. The van der Waals surface area contributed by atoms with Gasteiger partial charge in [-0.15, -0.1) is 0 Å². The van der Waals surface area contributed by atoms with Crippen LogP contribution in [0, 0.1) is 12.8 Å². The van der Waals surface area contributed by atoms with Crippen LogP contribution in [0.2, 0.25) is 5.02 Å². The second kappa shape index (κ2) is 13.9. The van der Waals surface area contributed by atoms with Crippen molar-refractivity contribution in [2.24, 2.45) is 5.92 Å². The third-order valence-corrected chi connectivity index (χ3v) is 10.9. The molecule has 7 rings (SSSR count). The third kappa shape index (κ3) is 6.88. The summed E-state index contributed by atoms with van der Waals surface area (Å²) in [4.78, 5) is 38.8. The predicted molar refractivity (Wildman–Crippen MR) is 180 cm³/mol. The number of nitrogens with zero attached hydrogens (tertiary/aromatic N) is 5. The van der Waals surface area contributed by atoms with E-state index in [9.17, 15) is 14.7 Å². The average molecular weight is 660 g/mol. The second-order valence-corrected chi connectivity index (χ2v) is 14.4. The van der Waals surface area contributed by atoms with Gasteiger partial charge in [0.1, 0.15) is 17.9 Å². The van der Waals surface area contributed by atoms with Gasteiger partial charge in [-0.3, -0.25) is 14.6 Å². The highest BCUT2D eigenvalue weighted by Crippen LogP contribution is 2.43. The van der Waals surface area contributed by atoms with E-state index in [0.717, 1.165) is 85.9 Å². The quantitative estimate of drug-likeness (QED) is 0.354. The molecule has 2 saturated heterocycles. The molecule has 0 spiro atoms. The summed E-state index contributed by atoms with van der Waals surface area (Å²) in [5.74, 6) is 0.543. The number of amides is 2. The highest BCUT2D eigenvalue weighted by molar-refractivity contribution is 6.30. The number of imidazole rings is 1. The molecule has 0 radical (unpaired) electrons. The summed E-state index contributed by atoms with van der Waals surface area (Å²) in [5, 5.41) is 12.0. The van der Waals surface area contributed by atoms with Crippen LogP contribution in [0.3, 0.4) is 0 Å². The fourth-order valence-electron chi connectivity index (χ4n) is 8.35.